The minimum Gasteiger partial charge on any atom is -0.478 e. The zero-order valence-electron chi connectivity index (χ0n) is 22.0. The molecule has 0 bridgehead atoms. The topological polar surface area (TPSA) is 72.9 Å². The summed E-state index contributed by atoms with van der Waals surface area (Å²) in [5.41, 5.74) is 9.58. The summed E-state index contributed by atoms with van der Waals surface area (Å²) in [4.78, 5) is 27.9. The van der Waals surface area contributed by atoms with Crippen LogP contribution >= 0.6 is 11.6 Å². The van der Waals surface area contributed by atoms with Crippen LogP contribution in [-0.4, -0.2) is 54.6 Å². The molecule has 6 nitrogen and oxygen atoms in total. The molecular formula is C32H32ClN3O3. The van der Waals surface area contributed by atoms with E-state index < -0.39 is 5.97 Å². The minimum absolute atomic E-state index is 0.215. The van der Waals surface area contributed by atoms with Crippen LogP contribution in [0.15, 0.2) is 78.9 Å². The van der Waals surface area contributed by atoms with E-state index in [4.69, 9.17) is 11.6 Å². The molecule has 1 fully saturated rings. The molecule has 7 heteroatoms. The van der Waals surface area contributed by atoms with Crippen LogP contribution in [0.25, 0.3) is 5.57 Å². The van der Waals surface area contributed by atoms with Crippen molar-refractivity contribution >= 4 is 40.4 Å². The summed E-state index contributed by atoms with van der Waals surface area (Å²) >= 11 is 6.31. The third kappa shape index (κ3) is 5.92. The van der Waals surface area contributed by atoms with E-state index >= 15 is 0 Å². The standard InChI is InChI=1S/C32H32ClN3O3/c1-3-30(37)34-26-9-13-29-23(19-26)4-5-24(31(29)28-12-8-25(33)18-21(28)2)20-35-14-16-36(17-15-35)27-10-6-22(7-11-27)32(38)39/h3,6-13,18-19H,1,4-5,14-17,20H2,2H3,(H,34,37)(H,38,39). The fourth-order valence-electron chi connectivity index (χ4n) is 5.57. The summed E-state index contributed by atoms with van der Waals surface area (Å²) in [6, 6.07) is 19.4. The Morgan fingerprint density at radius 1 is 0.974 bits per heavy atom. The molecule has 0 aromatic heterocycles. The number of anilines is 2. The molecule has 39 heavy (non-hydrogen) atoms. The molecule has 0 saturated carbocycles. The first kappa shape index (κ1) is 26.7. The first-order valence-corrected chi connectivity index (χ1v) is 13.6. The van der Waals surface area contributed by atoms with Crippen LogP contribution in [-0.2, 0) is 11.2 Å². The average Bonchev–Trinajstić information content (AvgIpc) is 2.94. The molecular weight excluding hydrogens is 510 g/mol. The number of hydrogen-bond donors (Lipinski definition) is 2. The zero-order valence-corrected chi connectivity index (χ0v) is 22.8. The van der Waals surface area contributed by atoms with Crippen molar-refractivity contribution < 1.29 is 14.7 Å². The number of carboxylic acids is 1. The third-order valence-corrected chi connectivity index (χ3v) is 7.84. The molecule has 0 unspecified atom stereocenters. The van der Waals surface area contributed by atoms with Gasteiger partial charge in [-0.25, -0.2) is 4.79 Å². The van der Waals surface area contributed by atoms with Crippen molar-refractivity contribution in [3.63, 3.8) is 0 Å². The van der Waals surface area contributed by atoms with Crippen LogP contribution in [0.2, 0.25) is 5.02 Å². The molecule has 2 aliphatic rings. The largest absolute Gasteiger partial charge is 0.478 e. The normalized spacial score (nSPS) is 15.6. The lowest BCUT2D eigenvalue weighted by Gasteiger charge is -2.37. The number of carbonyl (C=O) groups excluding carboxylic acids is 1. The number of piperazine rings is 1. The number of hydrogen-bond acceptors (Lipinski definition) is 4. The summed E-state index contributed by atoms with van der Waals surface area (Å²) in [6.07, 6.45) is 3.14. The fraction of sp³-hybridized carbons (Fsp3) is 0.250. The van der Waals surface area contributed by atoms with Gasteiger partial charge in [0.2, 0.25) is 5.91 Å². The van der Waals surface area contributed by atoms with Crippen molar-refractivity contribution in [2.75, 3.05) is 42.9 Å². The molecule has 1 saturated heterocycles. The number of nitrogens with one attached hydrogen (secondary N) is 1. The molecule has 1 aliphatic heterocycles. The van der Waals surface area contributed by atoms with Gasteiger partial charge < -0.3 is 15.3 Å². The van der Waals surface area contributed by atoms with Gasteiger partial charge in [-0.2, -0.15) is 0 Å². The number of carbonyl (C=O) groups is 2. The molecule has 5 rings (SSSR count). The molecule has 0 radical (unpaired) electrons. The van der Waals surface area contributed by atoms with Crippen molar-refractivity contribution in [2.45, 2.75) is 19.8 Å². The number of amides is 1. The van der Waals surface area contributed by atoms with E-state index in [0.717, 1.165) is 67.5 Å². The average molecular weight is 542 g/mol. The number of aryl methyl sites for hydroxylation is 2. The number of halogens is 1. The number of nitrogens with zero attached hydrogens (tertiary/aromatic N) is 2. The van der Waals surface area contributed by atoms with Gasteiger partial charge in [0.25, 0.3) is 0 Å². The summed E-state index contributed by atoms with van der Waals surface area (Å²) in [5.74, 6) is -1.12. The quantitative estimate of drug-likeness (QED) is 0.357. The third-order valence-electron chi connectivity index (χ3n) is 7.60. The molecule has 3 aromatic rings. The van der Waals surface area contributed by atoms with Crippen molar-refractivity contribution in [2.24, 2.45) is 0 Å². The molecule has 1 amide bonds. The fourth-order valence-corrected chi connectivity index (χ4v) is 5.79. The van der Waals surface area contributed by atoms with Gasteiger partial charge in [-0.15, -0.1) is 0 Å². The number of aromatic carboxylic acids is 1. The van der Waals surface area contributed by atoms with Crippen LogP contribution in [0.3, 0.4) is 0 Å². The van der Waals surface area contributed by atoms with Gasteiger partial charge in [-0.3, -0.25) is 9.69 Å². The first-order chi connectivity index (χ1) is 18.8. The second-order valence-electron chi connectivity index (χ2n) is 10.1. The predicted molar refractivity (Wildman–Crippen MR) is 158 cm³/mol. The maximum atomic E-state index is 11.9. The Kier molecular flexibility index (Phi) is 7.87. The Labute approximate surface area is 234 Å². The molecule has 0 spiro atoms. The number of rotatable bonds is 7. The monoisotopic (exact) mass is 541 g/mol. The summed E-state index contributed by atoms with van der Waals surface area (Å²) in [7, 11) is 0. The van der Waals surface area contributed by atoms with Gasteiger partial charge in [-0.1, -0.05) is 30.3 Å². The second kappa shape index (κ2) is 11.5. The Morgan fingerprint density at radius 2 is 1.69 bits per heavy atom. The van der Waals surface area contributed by atoms with E-state index in [2.05, 4.69) is 46.8 Å². The highest BCUT2D eigenvalue weighted by Gasteiger charge is 2.25. The number of carboxylic acid groups (broad SMARTS) is 1. The van der Waals surface area contributed by atoms with Crippen molar-refractivity contribution in [1.82, 2.24) is 4.90 Å². The zero-order chi connectivity index (χ0) is 27.5. The van der Waals surface area contributed by atoms with Gasteiger partial charge in [0.05, 0.1) is 5.56 Å². The van der Waals surface area contributed by atoms with E-state index in [1.54, 1.807) is 12.1 Å². The maximum absolute atomic E-state index is 11.9. The van der Waals surface area contributed by atoms with Crippen LogP contribution in [0.4, 0.5) is 11.4 Å². The lowest BCUT2D eigenvalue weighted by atomic mass is 9.80. The van der Waals surface area contributed by atoms with E-state index in [1.165, 1.54) is 33.9 Å². The van der Waals surface area contributed by atoms with E-state index in [0.29, 0.717) is 5.56 Å². The lowest BCUT2D eigenvalue weighted by molar-refractivity contribution is -0.111. The number of fused-ring (bicyclic) bond motifs is 1. The van der Waals surface area contributed by atoms with Crippen LogP contribution in [0, 0.1) is 6.92 Å². The second-order valence-corrected chi connectivity index (χ2v) is 10.6. The lowest BCUT2D eigenvalue weighted by Crippen LogP contribution is -2.47. The molecule has 1 aliphatic carbocycles. The van der Waals surface area contributed by atoms with E-state index in [1.807, 2.05) is 30.3 Å². The highest BCUT2D eigenvalue weighted by atomic mass is 35.5. The number of benzene rings is 3. The van der Waals surface area contributed by atoms with Crippen LogP contribution in [0.5, 0.6) is 0 Å². The molecule has 200 valence electrons. The van der Waals surface area contributed by atoms with Crippen molar-refractivity contribution in [3.05, 3.63) is 112 Å². The van der Waals surface area contributed by atoms with Gasteiger partial charge in [0, 0.05) is 49.1 Å². The van der Waals surface area contributed by atoms with Crippen molar-refractivity contribution in [3.8, 4) is 0 Å². The molecule has 3 aromatic carbocycles. The summed E-state index contributed by atoms with van der Waals surface area (Å²) < 4.78 is 0. The van der Waals surface area contributed by atoms with Gasteiger partial charge in [-0.05, 0) is 108 Å². The van der Waals surface area contributed by atoms with Gasteiger partial charge >= 0.3 is 5.97 Å². The Balaban J connectivity index is 1.40. The SMILES string of the molecule is C=CC(=O)Nc1ccc2c(c1)CCC(CN1CCN(c3ccc(C(=O)O)cc3)CC1)=C2c1ccc(Cl)cc1C. The van der Waals surface area contributed by atoms with Crippen LogP contribution < -0.4 is 10.2 Å². The summed E-state index contributed by atoms with van der Waals surface area (Å²) in [6.45, 7) is 10.2. The Hall–Kier alpha value is -3.87. The highest BCUT2D eigenvalue weighted by molar-refractivity contribution is 6.30. The van der Waals surface area contributed by atoms with Crippen molar-refractivity contribution in [1.29, 1.82) is 0 Å². The highest BCUT2D eigenvalue weighted by Crippen LogP contribution is 2.39. The molecule has 2 N–H and O–H groups in total. The summed E-state index contributed by atoms with van der Waals surface area (Å²) in [5, 5.41) is 12.8. The Morgan fingerprint density at radius 3 is 2.36 bits per heavy atom. The van der Waals surface area contributed by atoms with E-state index in [-0.39, 0.29) is 5.91 Å². The smallest absolute Gasteiger partial charge is 0.335 e. The van der Waals surface area contributed by atoms with Crippen LogP contribution in [0.1, 0.15) is 39.0 Å². The predicted octanol–water partition coefficient (Wildman–Crippen LogP) is 6.04. The maximum Gasteiger partial charge on any atom is 0.335 e. The molecule has 0 atom stereocenters. The van der Waals surface area contributed by atoms with Gasteiger partial charge in [0.1, 0.15) is 0 Å². The Bertz CT molecular complexity index is 1450. The minimum atomic E-state index is -0.904. The molecule has 1 heterocycles. The first-order valence-electron chi connectivity index (χ1n) is 13.2. The van der Waals surface area contributed by atoms with E-state index in [9.17, 15) is 14.7 Å². The van der Waals surface area contributed by atoms with Gasteiger partial charge in [0.15, 0.2) is 0 Å².